The molecule has 1 N–H and O–H groups in total. The summed E-state index contributed by atoms with van der Waals surface area (Å²) in [7, 11) is 1.52. The van der Waals surface area contributed by atoms with Gasteiger partial charge in [0.2, 0.25) is 0 Å². The van der Waals surface area contributed by atoms with Crippen molar-refractivity contribution in [3.8, 4) is 11.5 Å². The number of methoxy groups -OCH3 is 1. The molecule has 1 amide bonds. The molecule has 1 fully saturated rings. The zero-order chi connectivity index (χ0) is 13.8. The maximum atomic E-state index is 12.5. The molecule has 1 atom stereocenters. The topological polar surface area (TPSA) is 49.8 Å². The summed E-state index contributed by atoms with van der Waals surface area (Å²) < 4.78 is 5.01. The number of hydrogen-bond acceptors (Lipinski definition) is 3. The normalized spacial score (nSPS) is 19.3. The Balaban J connectivity index is 2.23. The van der Waals surface area contributed by atoms with Gasteiger partial charge in [0.25, 0.3) is 5.91 Å². The van der Waals surface area contributed by atoms with Crippen molar-refractivity contribution in [2.75, 3.05) is 19.5 Å². The fraction of sp³-hybridized carbons (Fsp3) is 0.500. The minimum atomic E-state index is -0.162. The van der Waals surface area contributed by atoms with Gasteiger partial charge in [0, 0.05) is 24.5 Å². The Morgan fingerprint density at radius 2 is 2.32 bits per heavy atom. The number of phenols is 1. The Morgan fingerprint density at radius 3 is 2.95 bits per heavy atom. The van der Waals surface area contributed by atoms with Crippen LogP contribution >= 0.6 is 11.6 Å². The van der Waals surface area contributed by atoms with Crippen LogP contribution in [0.15, 0.2) is 18.2 Å². The SMILES string of the molecule is COc1ccc(C(=O)N2CCCCC2CCl)c(O)c1. The third kappa shape index (κ3) is 2.95. The number of hydrogen-bond donors (Lipinski definition) is 1. The lowest BCUT2D eigenvalue weighted by Crippen LogP contribution is -2.44. The highest BCUT2D eigenvalue weighted by atomic mass is 35.5. The summed E-state index contributed by atoms with van der Waals surface area (Å²) in [5, 5.41) is 9.92. The zero-order valence-electron chi connectivity index (χ0n) is 10.9. The summed E-state index contributed by atoms with van der Waals surface area (Å²) in [6.07, 6.45) is 3.00. The quantitative estimate of drug-likeness (QED) is 0.868. The Kier molecular flexibility index (Phi) is 4.53. The first-order chi connectivity index (χ1) is 9.17. The molecule has 1 aliphatic heterocycles. The molecule has 0 bridgehead atoms. The highest BCUT2D eigenvalue weighted by Crippen LogP contribution is 2.27. The van der Waals surface area contributed by atoms with E-state index in [2.05, 4.69) is 0 Å². The number of phenolic OH excluding ortho intramolecular Hbond substituents is 1. The molecule has 2 rings (SSSR count). The molecule has 0 radical (unpaired) electrons. The number of halogens is 1. The van der Waals surface area contributed by atoms with E-state index in [-0.39, 0.29) is 17.7 Å². The first kappa shape index (κ1) is 14.0. The summed E-state index contributed by atoms with van der Waals surface area (Å²) in [5.74, 6) is 0.748. The summed E-state index contributed by atoms with van der Waals surface area (Å²) in [5.41, 5.74) is 0.304. The summed E-state index contributed by atoms with van der Waals surface area (Å²) >= 11 is 5.92. The number of ether oxygens (including phenoxy) is 1. The van der Waals surface area contributed by atoms with Crippen LogP contribution in [0.25, 0.3) is 0 Å². The van der Waals surface area contributed by atoms with Gasteiger partial charge in [0.1, 0.15) is 11.5 Å². The zero-order valence-corrected chi connectivity index (χ0v) is 11.7. The van der Waals surface area contributed by atoms with Gasteiger partial charge in [-0.3, -0.25) is 4.79 Å². The number of carbonyl (C=O) groups excluding carboxylic acids is 1. The predicted molar refractivity (Wildman–Crippen MR) is 74.1 cm³/mol. The van der Waals surface area contributed by atoms with Gasteiger partial charge in [-0.25, -0.2) is 0 Å². The van der Waals surface area contributed by atoms with E-state index in [1.54, 1.807) is 17.0 Å². The Morgan fingerprint density at radius 1 is 1.53 bits per heavy atom. The number of rotatable bonds is 3. The molecule has 104 valence electrons. The molecule has 0 spiro atoms. The highest BCUT2D eigenvalue weighted by molar-refractivity contribution is 6.18. The van der Waals surface area contributed by atoms with Crippen molar-refractivity contribution in [1.82, 2.24) is 4.90 Å². The van der Waals surface area contributed by atoms with E-state index in [0.717, 1.165) is 19.3 Å². The van der Waals surface area contributed by atoms with Gasteiger partial charge in [-0.15, -0.1) is 11.6 Å². The molecule has 1 aromatic carbocycles. The Labute approximate surface area is 117 Å². The van der Waals surface area contributed by atoms with Gasteiger partial charge in [0.05, 0.1) is 12.7 Å². The largest absolute Gasteiger partial charge is 0.507 e. The molecule has 0 aromatic heterocycles. The number of amides is 1. The second kappa shape index (κ2) is 6.15. The maximum absolute atomic E-state index is 12.5. The van der Waals surface area contributed by atoms with E-state index >= 15 is 0 Å². The molecule has 1 aromatic rings. The van der Waals surface area contributed by atoms with Crippen LogP contribution in [-0.2, 0) is 0 Å². The molecule has 1 saturated heterocycles. The fourth-order valence-corrected chi connectivity index (χ4v) is 2.72. The average molecular weight is 284 g/mol. The van der Waals surface area contributed by atoms with Crippen LogP contribution in [-0.4, -0.2) is 41.5 Å². The smallest absolute Gasteiger partial charge is 0.257 e. The summed E-state index contributed by atoms with van der Waals surface area (Å²) in [6, 6.07) is 4.78. The lowest BCUT2D eigenvalue weighted by Gasteiger charge is -2.34. The number of carbonyl (C=O) groups is 1. The predicted octanol–water partition coefficient (Wildman–Crippen LogP) is 2.63. The number of alkyl halides is 1. The van der Waals surface area contributed by atoms with Crippen LogP contribution in [0.3, 0.4) is 0 Å². The van der Waals surface area contributed by atoms with Crippen molar-refractivity contribution in [3.05, 3.63) is 23.8 Å². The van der Waals surface area contributed by atoms with Gasteiger partial charge in [-0.05, 0) is 31.4 Å². The van der Waals surface area contributed by atoms with Crippen LogP contribution in [0.4, 0.5) is 0 Å². The molecule has 19 heavy (non-hydrogen) atoms. The Hall–Kier alpha value is -1.42. The average Bonchev–Trinajstić information content (AvgIpc) is 2.46. The van der Waals surface area contributed by atoms with E-state index in [9.17, 15) is 9.90 Å². The molecule has 4 nitrogen and oxygen atoms in total. The number of nitrogens with zero attached hydrogens (tertiary/aromatic N) is 1. The van der Waals surface area contributed by atoms with Crippen molar-refractivity contribution in [2.24, 2.45) is 0 Å². The van der Waals surface area contributed by atoms with Gasteiger partial charge < -0.3 is 14.7 Å². The summed E-state index contributed by atoms with van der Waals surface area (Å²) in [6.45, 7) is 0.696. The van der Waals surface area contributed by atoms with Gasteiger partial charge in [0.15, 0.2) is 0 Å². The first-order valence-electron chi connectivity index (χ1n) is 6.41. The molecule has 0 saturated carbocycles. The van der Waals surface area contributed by atoms with E-state index < -0.39 is 0 Å². The minimum absolute atomic E-state index is 0.0526. The van der Waals surface area contributed by atoms with E-state index in [4.69, 9.17) is 16.3 Å². The Bertz CT molecular complexity index is 464. The number of benzene rings is 1. The molecular weight excluding hydrogens is 266 g/mol. The third-order valence-corrected chi connectivity index (χ3v) is 3.86. The second-order valence-electron chi connectivity index (χ2n) is 4.69. The summed E-state index contributed by atoms with van der Waals surface area (Å²) in [4.78, 5) is 14.2. The lowest BCUT2D eigenvalue weighted by atomic mass is 10.0. The van der Waals surface area contributed by atoms with Crippen LogP contribution in [0.2, 0.25) is 0 Å². The van der Waals surface area contributed by atoms with Gasteiger partial charge >= 0.3 is 0 Å². The lowest BCUT2D eigenvalue weighted by molar-refractivity contribution is 0.0636. The van der Waals surface area contributed by atoms with Crippen molar-refractivity contribution >= 4 is 17.5 Å². The maximum Gasteiger partial charge on any atom is 0.257 e. The number of piperidine rings is 1. The molecule has 0 aliphatic carbocycles. The number of aromatic hydroxyl groups is 1. The second-order valence-corrected chi connectivity index (χ2v) is 4.99. The molecular formula is C14H18ClNO3. The van der Waals surface area contributed by atoms with Gasteiger partial charge in [-0.2, -0.15) is 0 Å². The van der Waals surface area contributed by atoms with Crippen LogP contribution in [0, 0.1) is 0 Å². The molecule has 5 heteroatoms. The van der Waals surface area contributed by atoms with Crippen LogP contribution in [0.5, 0.6) is 11.5 Å². The number of likely N-dealkylation sites (tertiary alicyclic amines) is 1. The monoisotopic (exact) mass is 283 g/mol. The molecule has 1 aliphatic rings. The van der Waals surface area contributed by atoms with E-state index in [1.165, 1.54) is 13.2 Å². The molecule has 1 heterocycles. The van der Waals surface area contributed by atoms with Crippen molar-refractivity contribution in [2.45, 2.75) is 25.3 Å². The van der Waals surface area contributed by atoms with Crippen molar-refractivity contribution in [3.63, 3.8) is 0 Å². The third-order valence-electron chi connectivity index (χ3n) is 3.50. The minimum Gasteiger partial charge on any atom is -0.507 e. The van der Waals surface area contributed by atoms with Crippen molar-refractivity contribution in [1.29, 1.82) is 0 Å². The molecule has 1 unspecified atom stereocenters. The standard InChI is InChI=1S/C14H18ClNO3/c1-19-11-5-6-12(13(17)8-11)14(18)16-7-3-2-4-10(16)9-15/h5-6,8,10,17H,2-4,7,9H2,1H3. The van der Waals surface area contributed by atoms with Gasteiger partial charge in [-0.1, -0.05) is 0 Å². The van der Waals surface area contributed by atoms with E-state index in [0.29, 0.717) is 23.7 Å². The van der Waals surface area contributed by atoms with Crippen LogP contribution in [0.1, 0.15) is 29.6 Å². The van der Waals surface area contributed by atoms with Crippen LogP contribution < -0.4 is 4.74 Å². The fourth-order valence-electron chi connectivity index (χ4n) is 2.40. The first-order valence-corrected chi connectivity index (χ1v) is 6.94. The van der Waals surface area contributed by atoms with Crippen molar-refractivity contribution < 1.29 is 14.6 Å². The highest BCUT2D eigenvalue weighted by Gasteiger charge is 2.28. The van der Waals surface area contributed by atoms with E-state index in [1.807, 2.05) is 0 Å².